The first-order chi connectivity index (χ1) is 12.9. The van der Waals surface area contributed by atoms with Crippen LogP contribution in [0.3, 0.4) is 0 Å². The summed E-state index contributed by atoms with van der Waals surface area (Å²) in [7, 11) is -3.45. The van der Waals surface area contributed by atoms with Crippen molar-refractivity contribution in [2.24, 2.45) is 0 Å². The molecule has 0 atom stereocenters. The second kappa shape index (κ2) is 8.28. The predicted molar refractivity (Wildman–Crippen MR) is 101 cm³/mol. The molecule has 2 aromatic carbocycles. The lowest BCUT2D eigenvalue weighted by Gasteiger charge is -2.08. The molecule has 140 valence electrons. The number of benzene rings is 2. The van der Waals surface area contributed by atoms with E-state index < -0.39 is 10.1 Å². The monoisotopic (exact) mass is 387 g/mol. The second-order valence-corrected chi connectivity index (χ2v) is 7.51. The number of hydrogen-bond donors (Lipinski definition) is 0. The molecule has 3 rings (SSSR count). The minimum absolute atomic E-state index is 0.0553. The van der Waals surface area contributed by atoms with Gasteiger partial charge in [-0.3, -0.25) is 9.17 Å². The molecule has 0 aliphatic rings. The number of pyridine rings is 1. The fourth-order valence-corrected chi connectivity index (χ4v) is 2.80. The largest absolute Gasteiger partial charge is 0.457 e. The summed E-state index contributed by atoms with van der Waals surface area (Å²) in [5, 5.41) is 0. The Morgan fingerprint density at radius 3 is 2.19 bits per heavy atom. The summed E-state index contributed by atoms with van der Waals surface area (Å²) in [6.07, 6.45) is 1.42. The van der Waals surface area contributed by atoms with Crippen LogP contribution in [-0.2, 0) is 20.7 Å². The molecule has 0 bridgehead atoms. The van der Waals surface area contributed by atoms with Gasteiger partial charge in [-0.1, -0.05) is 6.07 Å². The maximum Gasteiger partial charge on any atom is 0.264 e. The molecule has 1 heterocycles. The number of hydrogen-bond acceptors (Lipinski definition) is 5. The highest BCUT2D eigenvalue weighted by atomic mass is 32.2. The minimum atomic E-state index is -3.45. The molecule has 0 fully saturated rings. The number of nitrogens with zero attached hydrogens (tertiary/aromatic N) is 1. The van der Waals surface area contributed by atoms with Crippen molar-refractivity contribution in [2.45, 2.75) is 6.42 Å². The van der Waals surface area contributed by atoms with Crippen molar-refractivity contribution in [2.75, 3.05) is 12.9 Å². The van der Waals surface area contributed by atoms with Crippen LogP contribution in [-0.4, -0.2) is 26.3 Å². The maximum absolute atomic E-state index is 12.9. The molecule has 0 unspecified atom stereocenters. The number of ether oxygens (including phenoxy) is 1. The molecule has 0 aliphatic carbocycles. The van der Waals surface area contributed by atoms with E-state index in [0.29, 0.717) is 17.9 Å². The first-order valence-electron chi connectivity index (χ1n) is 8.23. The summed E-state index contributed by atoms with van der Waals surface area (Å²) in [6, 6.07) is 18.7. The van der Waals surface area contributed by atoms with Gasteiger partial charge in [0.15, 0.2) is 0 Å². The van der Waals surface area contributed by atoms with E-state index in [1.165, 1.54) is 12.1 Å². The quantitative estimate of drug-likeness (QED) is 0.569. The van der Waals surface area contributed by atoms with Gasteiger partial charge in [-0.2, -0.15) is 8.42 Å². The molecular formula is C20H18FNO4S. The van der Waals surface area contributed by atoms with Crippen molar-refractivity contribution in [3.8, 4) is 22.8 Å². The summed E-state index contributed by atoms with van der Waals surface area (Å²) in [5.41, 5.74) is 2.40. The lowest BCUT2D eigenvalue weighted by atomic mass is 10.1. The highest BCUT2D eigenvalue weighted by Crippen LogP contribution is 2.25. The summed E-state index contributed by atoms with van der Waals surface area (Å²) >= 11 is 0. The summed E-state index contributed by atoms with van der Waals surface area (Å²) in [5.74, 6) is 0.865. The van der Waals surface area contributed by atoms with E-state index in [0.717, 1.165) is 23.2 Å². The summed E-state index contributed by atoms with van der Waals surface area (Å²) < 4.78 is 45.4. The van der Waals surface area contributed by atoms with Crippen LogP contribution in [0.4, 0.5) is 4.39 Å². The van der Waals surface area contributed by atoms with Crippen molar-refractivity contribution < 1.29 is 21.7 Å². The number of halogens is 1. The van der Waals surface area contributed by atoms with Gasteiger partial charge in [-0.25, -0.2) is 4.39 Å². The van der Waals surface area contributed by atoms with Crippen molar-refractivity contribution in [1.82, 2.24) is 4.98 Å². The molecule has 0 amide bonds. The van der Waals surface area contributed by atoms with Crippen LogP contribution in [0.1, 0.15) is 5.69 Å². The molecule has 3 aromatic rings. The van der Waals surface area contributed by atoms with Crippen LogP contribution in [0.15, 0.2) is 66.7 Å². The van der Waals surface area contributed by atoms with Gasteiger partial charge in [-0.15, -0.1) is 0 Å². The number of aromatic nitrogens is 1. The van der Waals surface area contributed by atoms with E-state index >= 15 is 0 Å². The van der Waals surface area contributed by atoms with Gasteiger partial charge in [0.05, 0.1) is 18.6 Å². The smallest absolute Gasteiger partial charge is 0.264 e. The second-order valence-electron chi connectivity index (χ2n) is 5.87. The van der Waals surface area contributed by atoms with Gasteiger partial charge >= 0.3 is 0 Å². The van der Waals surface area contributed by atoms with E-state index in [-0.39, 0.29) is 12.4 Å². The van der Waals surface area contributed by atoms with Crippen molar-refractivity contribution in [3.63, 3.8) is 0 Å². The van der Waals surface area contributed by atoms with Gasteiger partial charge in [0, 0.05) is 17.7 Å². The molecule has 0 radical (unpaired) electrons. The maximum atomic E-state index is 12.9. The topological polar surface area (TPSA) is 65.5 Å². The van der Waals surface area contributed by atoms with E-state index in [4.69, 9.17) is 8.92 Å². The van der Waals surface area contributed by atoms with E-state index in [1.807, 2.05) is 30.3 Å². The van der Waals surface area contributed by atoms with Gasteiger partial charge < -0.3 is 4.74 Å². The molecule has 1 aromatic heterocycles. The third-order valence-corrected chi connectivity index (χ3v) is 4.26. The summed E-state index contributed by atoms with van der Waals surface area (Å²) in [6.45, 7) is 0.0553. The zero-order chi connectivity index (χ0) is 19.3. The van der Waals surface area contributed by atoms with Crippen LogP contribution in [0.2, 0.25) is 0 Å². The average Bonchev–Trinajstić information content (AvgIpc) is 2.63. The first-order valence-corrected chi connectivity index (χ1v) is 10.0. The summed E-state index contributed by atoms with van der Waals surface area (Å²) in [4.78, 5) is 4.53. The van der Waals surface area contributed by atoms with Gasteiger partial charge in [0.2, 0.25) is 0 Å². The van der Waals surface area contributed by atoms with Crippen LogP contribution in [0, 0.1) is 5.82 Å². The van der Waals surface area contributed by atoms with Crippen molar-refractivity contribution in [3.05, 3.63) is 78.2 Å². The highest BCUT2D eigenvalue weighted by Gasteiger charge is 2.05. The van der Waals surface area contributed by atoms with Gasteiger partial charge in [-0.05, 0) is 60.7 Å². The molecule has 7 heteroatoms. The van der Waals surface area contributed by atoms with Crippen molar-refractivity contribution in [1.29, 1.82) is 0 Å². The first kappa shape index (κ1) is 19.0. The molecule has 0 N–H and O–H groups in total. The van der Waals surface area contributed by atoms with Crippen LogP contribution >= 0.6 is 0 Å². The van der Waals surface area contributed by atoms with Crippen LogP contribution in [0.5, 0.6) is 11.5 Å². The lowest BCUT2D eigenvalue weighted by molar-refractivity contribution is 0.324. The SMILES string of the molecule is CS(=O)(=O)OCCc1cccc(-c2ccc(Oc3ccc(F)cc3)cc2)n1. The molecule has 0 aliphatic heterocycles. The fraction of sp³-hybridized carbons (Fsp3) is 0.150. The number of rotatable bonds is 7. The predicted octanol–water partition coefficient (Wildman–Crippen LogP) is 4.20. The Kier molecular flexibility index (Phi) is 5.83. The Hall–Kier alpha value is -2.77. The molecule has 0 spiro atoms. The Bertz CT molecular complexity index is 1000. The van der Waals surface area contributed by atoms with Crippen molar-refractivity contribution >= 4 is 10.1 Å². The molecular weight excluding hydrogens is 369 g/mol. The molecule has 27 heavy (non-hydrogen) atoms. The highest BCUT2D eigenvalue weighted by molar-refractivity contribution is 7.85. The van der Waals surface area contributed by atoms with Crippen LogP contribution in [0.25, 0.3) is 11.3 Å². The average molecular weight is 387 g/mol. The molecule has 0 saturated carbocycles. The Morgan fingerprint density at radius 2 is 1.56 bits per heavy atom. The normalized spacial score (nSPS) is 11.3. The zero-order valence-electron chi connectivity index (χ0n) is 14.6. The standard InChI is InChI=1S/C20H18FNO4S/c1-27(23,24)25-14-13-17-3-2-4-20(22-17)15-5-9-18(10-6-15)26-19-11-7-16(21)8-12-19/h2-12H,13-14H2,1H3. The van der Waals surface area contributed by atoms with Gasteiger partial charge in [0.1, 0.15) is 17.3 Å². The third kappa shape index (κ3) is 5.87. The zero-order valence-corrected chi connectivity index (χ0v) is 15.4. The Labute approximate surface area is 157 Å². The Morgan fingerprint density at radius 1 is 0.926 bits per heavy atom. The Balaban J connectivity index is 1.67. The third-order valence-electron chi connectivity index (χ3n) is 3.66. The minimum Gasteiger partial charge on any atom is -0.457 e. The molecule has 0 saturated heterocycles. The van der Waals surface area contributed by atoms with Crippen LogP contribution < -0.4 is 4.74 Å². The van der Waals surface area contributed by atoms with E-state index in [2.05, 4.69) is 4.98 Å². The van der Waals surface area contributed by atoms with E-state index in [9.17, 15) is 12.8 Å². The van der Waals surface area contributed by atoms with E-state index in [1.54, 1.807) is 24.3 Å². The van der Waals surface area contributed by atoms with Gasteiger partial charge in [0.25, 0.3) is 10.1 Å². The lowest BCUT2D eigenvalue weighted by Crippen LogP contribution is -2.07. The fourth-order valence-electron chi connectivity index (χ4n) is 2.41. The molecule has 5 nitrogen and oxygen atoms in total.